The smallest absolute Gasteiger partial charge is 0.354 e. The minimum atomic E-state index is -5.23. The molecule has 1 aliphatic heterocycles. The highest BCUT2D eigenvalue weighted by Crippen LogP contribution is 2.30. The summed E-state index contributed by atoms with van der Waals surface area (Å²) in [5, 5.41) is 6.37. The number of nitrogens with zero attached hydrogens (tertiary/aromatic N) is 2. The molecule has 2 atom stereocenters. The number of nitrogens with one attached hydrogen (secondary N) is 2. The van der Waals surface area contributed by atoms with Crippen molar-refractivity contribution in [2.75, 3.05) is 20.1 Å². The molecule has 0 bridgehead atoms. The monoisotopic (exact) mass is 342 g/mol. The van der Waals surface area contributed by atoms with E-state index in [1.54, 1.807) is 7.05 Å². The third-order valence-electron chi connectivity index (χ3n) is 4.08. The fourth-order valence-electron chi connectivity index (χ4n) is 2.45. The molecule has 0 aromatic carbocycles. The maximum atomic E-state index is 12.5. The van der Waals surface area contributed by atoms with Crippen LogP contribution >= 0.6 is 0 Å². The lowest BCUT2D eigenvalue weighted by Gasteiger charge is -2.32. The molecule has 2 aliphatic rings. The van der Waals surface area contributed by atoms with Crippen LogP contribution in [0.3, 0.4) is 0 Å². The zero-order valence-corrected chi connectivity index (χ0v) is 13.3. The average Bonchev–Trinajstić information content (AvgIpc) is 3.12. The van der Waals surface area contributed by atoms with E-state index in [9.17, 15) is 21.6 Å². The number of hydrogen-bond acceptors (Lipinski definition) is 3. The summed E-state index contributed by atoms with van der Waals surface area (Å²) < 4.78 is 60.6. The Morgan fingerprint density at radius 2 is 1.77 bits per heavy atom. The van der Waals surface area contributed by atoms with Crippen molar-refractivity contribution in [3.05, 3.63) is 0 Å². The lowest BCUT2D eigenvalue weighted by molar-refractivity contribution is -0.0494. The highest BCUT2D eigenvalue weighted by Gasteiger charge is 2.50. The van der Waals surface area contributed by atoms with Crippen molar-refractivity contribution in [3.8, 4) is 0 Å². The summed E-state index contributed by atoms with van der Waals surface area (Å²) in [7, 11) is -3.58. The topological polar surface area (TPSA) is 73.8 Å². The molecule has 2 N–H and O–H groups in total. The minimum Gasteiger partial charge on any atom is -0.354 e. The van der Waals surface area contributed by atoms with E-state index in [0.29, 0.717) is 35.1 Å². The summed E-state index contributed by atoms with van der Waals surface area (Å²) in [5.74, 6) is 1.21. The van der Waals surface area contributed by atoms with Crippen LogP contribution in [0.2, 0.25) is 0 Å². The number of halogens is 3. The Bertz CT molecular complexity index is 527. The first-order valence-corrected chi connectivity index (χ1v) is 8.65. The predicted molar refractivity (Wildman–Crippen MR) is 76.8 cm³/mol. The van der Waals surface area contributed by atoms with Crippen LogP contribution in [0.1, 0.15) is 26.2 Å². The van der Waals surface area contributed by atoms with Crippen LogP contribution in [-0.4, -0.2) is 56.4 Å². The molecule has 22 heavy (non-hydrogen) atoms. The number of piperidine rings is 1. The Morgan fingerprint density at radius 3 is 2.18 bits per heavy atom. The minimum absolute atomic E-state index is 0.0834. The van der Waals surface area contributed by atoms with Crippen LogP contribution in [0.4, 0.5) is 13.2 Å². The zero-order valence-electron chi connectivity index (χ0n) is 12.5. The molecule has 6 nitrogen and oxygen atoms in total. The number of guanidine groups is 1. The van der Waals surface area contributed by atoms with E-state index in [2.05, 4.69) is 22.5 Å². The normalized spacial score (nSPS) is 28.5. The van der Waals surface area contributed by atoms with Gasteiger partial charge in [-0.15, -0.1) is 0 Å². The van der Waals surface area contributed by atoms with Gasteiger partial charge in [-0.2, -0.15) is 17.5 Å². The van der Waals surface area contributed by atoms with E-state index in [0.717, 1.165) is 6.42 Å². The van der Waals surface area contributed by atoms with E-state index in [1.165, 1.54) is 0 Å². The lowest BCUT2D eigenvalue weighted by atomic mass is 10.1. The Labute approximate surface area is 128 Å². The summed E-state index contributed by atoms with van der Waals surface area (Å²) in [6.07, 6.45) is 1.70. The highest BCUT2D eigenvalue weighted by molar-refractivity contribution is 7.90. The Morgan fingerprint density at radius 1 is 1.23 bits per heavy atom. The van der Waals surface area contributed by atoms with Crippen LogP contribution in [0.25, 0.3) is 0 Å². The van der Waals surface area contributed by atoms with Crippen LogP contribution in [-0.2, 0) is 10.0 Å². The molecule has 1 aliphatic carbocycles. The lowest BCUT2D eigenvalue weighted by Crippen LogP contribution is -2.52. The third-order valence-corrected chi connectivity index (χ3v) is 5.71. The zero-order chi connectivity index (χ0) is 16.5. The molecule has 1 saturated carbocycles. The second-order valence-electron chi connectivity index (χ2n) is 5.80. The summed E-state index contributed by atoms with van der Waals surface area (Å²) in [5.41, 5.74) is -5.23. The van der Waals surface area contributed by atoms with Crippen LogP contribution < -0.4 is 10.6 Å². The van der Waals surface area contributed by atoms with Crippen LogP contribution in [0, 0.1) is 5.92 Å². The number of hydrogen-bond donors (Lipinski definition) is 2. The number of sulfonamides is 1. The number of alkyl halides is 3. The SMILES string of the molecule is CN=C(NC1CCN(S(=O)(=O)C(F)(F)F)CC1)NC1CC1C. The molecule has 1 saturated heterocycles. The van der Waals surface area contributed by atoms with Gasteiger partial charge in [0.15, 0.2) is 5.96 Å². The van der Waals surface area contributed by atoms with Gasteiger partial charge in [0.2, 0.25) is 0 Å². The summed E-state index contributed by atoms with van der Waals surface area (Å²) >= 11 is 0. The van der Waals surface area contributed by atoms with Gasteiger partial charge < -0.3 is 10.6 Å². The van der Waals surface area contributed by atoms with Crippen molar-refractivity contribution in [1.82, 2.24) is 14.9 Å². The van der Waals surface area contributed by atoms with E-state index in [1.807, 2.05) is 0 Å². The molecule has 128 valence electrons. The van der Waals surface area contributed by atoms with Crippen molar-refractivity contribution >= 4 is 16.0 Å². The van der Waals surface area contributed by atoms with Gasteiger partial charge in [0.05, 0.1) is 0 Å². The van der Waals surface area contributed by atoms with Gasteiger partial charge in [0.1, 0.15) is 0 Å². The summed E-state index contributed by atoms with van der Waals surface area (Å²) in [6.45, 7) is 1.83. The second-order valence-corrected chi connectivity index (χ2v) is 7.73. The maximum absolute atomic E-state index is 12.5. The van der Waals surface area contributed by atoms with E-state index in [4.69, 9.17) is 0 Å². The molecule has 0 radical (unpaired) electrons. The van der Waals surface area contributed by atoms with Gasteiger partial charge in [-0.25, -0.2) is 8.42 Å². The summed E-state index contributed by atoms with van der Waals surface area (Å²) in [6, 6.07) is 0.303. The largest absolute Gasteiger partial charge is 0.511 e. The predicted octanol–water partition coefficient (Wildman–Crippen LogP) is 0.874. The molecular formula is C12H21F3N4O2S. The van der Waals surface area contributed by atoms with Crippen LogP contribution in [0.15, 0.2) is 4.99 Å². The molecule has 0 spiro atoms. The first kappa shape index (κ1) is 17.3. The van der Waals surface area contributed by atoms with Gasteiger partial charge in [-0.05, 0) is 25.2 Å². The highest BCUT2D eigenvalue weighted by atomic mass is 32.2. The quantitative estimate of drug-likeness (QED) is 0.590. The fourth-order valence-corrected chi connectivity index (χ4v) is 3.43. The summed E-state index contributed by atoms with van der Waals surface area (Å²) in [4.78, 5) is 4.09. The number of aliphatic imine (C=N–C) groups is 1. The number of rotatable bonds is 3. The fraction of sp³-hybridized carbons (Fsp3) is 0.917. The van der Waals surface area contributed by atoms with Crippen molar-refractivity contribution < 1.29 is 21.6 Å². The molecule has 1 heterocycles. The molecule has 2 fully saturated rings. The van der Waals surface area contributed by atoms with Crippen molar-refractivity contribution in [2.45, 2.75) is 43.8 Å². The second kappa shape index (κ2) is 6.23. The Hall–Kier alpha value is -1.03. The van der Waals surface area contributed by atoms with Gasteiger partial charge in [-0.1, -0.05) is 6.92 Å². The Balaban J connectivity index is 1.84. The Kier molecular flexibility index (Phi) is 4.90. The first-order valence-electron chi connectivity index (χ1n) is 7.21. The molecular weight excluding hydrogens is 321 g/mol. The van der Waals surface area contributed by atoms with E-state index >= 15 is 0 Å². The standard InChI is InChI=1S/C12H21F3N4O2S/c1-8-7-10(8)18-11(16-2)17-9-3-5-19(6-4-9)22(20,21)12(13,14)15/h8-10H,3-7H2,1-2H3,(H2,16,17,18). The molecule has 0 amide bonds. The van der Waals surface area contributed by atoms with E-state index < -0.39 is 15.5 Å². The van der Waals surface area contributed by atoms with Crippen molar-refractivity contribution in [3.63, 3.8) is 0 Å². The van der Waals surface area contributed by atoms with Gasteiger partial charge in [0.25, 0.3) is 0 Å². The van der Waals surface area contributed by atoms with Gasteiger partial charge in [0, 0.05) is 32.2 Å². The van der Waals surface area contributed by atoms with Gasteiger partial charge >= 0.3 is 15.5 Å². The van der Waals surface area contributed by atoms with Crippen LogP contribution in [0.5, 0.6) is 0 Å². The molecule has 2 unspecified atom stereocenters. The first-order chi connectivity index (χ1) is 10.1. The molecule has 2 rings (SSSR count). The molecule has 10 heteroatoms. The molecule has 0 aromatic heterocycles. The third kappa shape index (κ3) is 3.83. The van der Waals surface area contributed by atoms with Gasteiger partial charge in [-0.3, -0.25) is 4.99 Å². The molecule has 0 aromatic rings. The van der Waals surface area contributed by atoms with E-state index in [-0.39, 0.29) is 19.1 Å². The van der Waals surface area contributed by atoms with Crippen molar-refractivity contribution in [2.24, 2.45) is 10.9 Å². The average molecular weight is 342 g/mol. The maximum Gasteiger partial charge on any atom is 0.511 e. The van der Waals surface area contributed by atoms with Crippen molar-refractivity contribution in [1.29, 1.82) is 0 Å².